The number of hydrogen-bond donors (Lipinski definition) is 1. The Bertz CT molecular complexity index is 131. The van der Waals surface area contributed by atoms with Gasteiger partial charge in [0.25, 0.3) is 6.43 Å². The standard InChI is InChI=1S/C10H22F2N2/c1-4-5-9(2)13-6-7-14(3)8-10(11)12/h9-10,13H,4-8H2,1-3H3. The lowest BCUT2D eigenvalue weighted by molar-refractivity contribution is 0.100. The molecule has 0 aliphatic rings. The molecule has 0 heterocycles. The fraction of sp³-hybridized carbons (Fsp3) is 1.00. The summed E-state index contributed by atoms with van der Waals surface area (Å²) < 4.78 is 23.9. The van der Waals surface area contributed by atoms with Crippen molar-refractivity contribution in [3.8, 4) is 0 Å². The highest BCUT2D eigenvalue weighted by molar-refractivity contribution is 4.62. The maximum Gasteiger partial charge on any atom is 0.251 e. The second kappa shape index (κ2) is 8.12. The minimum atomic E-state index is -2.23. The van der Waals surface area contributed by atoms with Gasteiger partial charge >= 0.3 is 0 Å². The molecule has 0 aliphatic carbocycles. The lowest BCUT2D eigenvalue weighted by atomic mass is 10.2. The van der Waals surface area contributed by atoms with Crippen molar-refractivity contribution in [2.45, 2.75) is 39.2 Å². The fourth-order valence-corrected chi connectivity index (χ4v) is 1.36. The van der Waals surface area contributed by atoms with E-state index in [2.05, 4.69) is 19.2 Å². The first kappa shape index (κ1) is 13.8. The van der Waals surface area contributed by atoms with Gasteiger partial charge in [-0.2, -0.15) is 0 Å². The average molecular weight is 208 g/mol. The molecule has 0 amide bonds. The van der Waals surface area contributed by atoms with Gasteiger partial charge in [-0.15, -0.1) is 0 Å². The Morgan fingerprint density at radius 2 is 2.00 bits per heavy atom. The highest BCUT2D eigenvalue weighted by atomic mass is 19.3. The molecule has 86 valence electrons. The van der Waals surface area contributed by atoms with Gasteiger partial charge in [-0.05, 0) is 20.4 Å². The van der Waals surface area contributed by atoms with Crippen LogP contribution in [0.4, 0.5) is 8.78 Å². The van der Waals surface area contributed by atoms with Gasteiger partial charge < -0.3 is 5.32 Å². The summed E-state index contributed by atoms with van der Waals surface area (Å²) in [6, 6.07) is 0.486. The summed E-state index contributed by atoms with van der Waals surface area (Å²) in [5.74, 6) is 0. The molecule has 0 bridgehead atoms. The van der Waals surface area contributed by atoms with Gasteiger partial charge in [0.1, 0.15) is 0 Å². The van der Waals surface area contributed by atoms with Crippen LogP contribution in [-0.4, -0.2) is 44.0 Å². The first-order valence-corrected chi connectivity index (χ1v) is 5.26. The first-order chi connectivity index (χ1) is 6.56. The second-order valence-corrected chi connectivity index (χ2v) is 3.80. The number of hydrogen-bond acceptors (Lipinski definition) is 2. The van der Waals surface area contributed by atoms with Gasteiger partial charge in [0.05, 0.1) is 6.54 Å². The molecule has 0 saturated heterocycles. The topological polar surface area (TPSA) is 15.3 Å². The van der Waals surface area contributed by atoms with Gasteiger partial charge in [-0.3, -0.25) is 4.90 Å². The van der Waals surface area contributed by atoms with Gasteiger partial charge in [-0.25, -0.2) is 8.78 Å². The molecule has 1 atom stereocenters. The van der Waals surface area contributed by atoms with E-state index in [4.69, 9.17) is 0 Å². The summed E-state index contributed by atoms with van der Waals surface area (Å²) in [6.07, 6.45) is 0.0626. The van der Waals surface area contributed by atoms with Gasteiger partial charge in [0, 0.05) is 19.1 Å². The Labute approximate surface area is 85.7 Å². The van der Waals surface area contributed by atoms with E-state index in [1.54, 1.807) is 11.9 Å². The van der Waals surface area contributed by atoms with Crippen molar-refractivity contribution in [3.63, 3.8) is 0 Å². The highest BCUT2D eigenvalue weighted by Gasteiger charge is 2.07. The maximum atomic E-state index is 11.9. The summed E-state index contributed by atoms with van der Waals surface area (Å²) in [5, 5.41) is 3.30. The molecule has 14 heavy (non-hydrogen) atoms. The van der Waals surface area contributed by atoms with Crippen LogP contribution in [-0.2, 0) is 0 Å². The number of nitrogens with one attached hydrogen (secondary N) is 1. The maximum absolute atomic E-state index is 11.9. The summed E-state index contributed by atoms with van der Waals surface area (Å²) in [4.78, 5) is 1.65. The number of halogens is 2. The molecule has 0 radical (unpaired) electrons. The van der Waals surface area contributed by atoms with Crippen molar-refractivity contribution in [1.82, 2.24) is 10.2 Å². The summed E-state index contributed by atoms with van der Waals surface area (Å²) in [6.45, 7) is 5.59. The van der Waals surface area contributed by atoms with E-state index in [1.165, 1.54) is 0 Å². The molecular weight excluding hydrogens is 186 g/mol. The van der Waals surface area contributed by atoms with Crippen molar-refractivity contribution >= 4 is 0 Å². The predicted molar refractivity (Wildman–Crippen MR) is 55.9 cm³/mol. The summed E-state index contributed by atoms with van der Waals surface area (Å²) >= 11 is 0. The van der Waals surface area contributed by atoms with E-state index in [0.29, 0.717) is 12.6 Å². The third-order valence-electron chi connectivity index (χ3n) is 2.16. The van der Waals surface area contributed by atoms with E-state index in [9.17, 15) is 8.78 Å². The second-order valence-electron chi connectivity index (χ2n) is 3.80. The molecule has 0 fully saturated rings. The van der Waals surface area contributed by atoms with Crippen LogP contribution in [0.1, 0.15) is 26.7 Å². The Morgan fingerprint density at radius 1 is 1.36 bits per heavy atom. The number of nitrogens with zero attached hydrogens (tertiary/aromatic N) is 1. The summed E-state index contributed by atoms with van der Waals surface area (Å²) in [7, 11) is 1.72. The van der Waals surface area contributed by atoms with Crippen LogP contribution >= 0.6 is 0 Å². The zero-order valence-corrected chi connectivity index (χ0v) is 9.39. The van der Waals surface area contributed by atoms with Crippen molar-refractivity contribution in [2.75, 3.05) is 26.7 Å². The normalized spacial score (nSPS) is 13.9. The zero-order chi connectivity index (χ0) is 11.0. The number of likely N-dealkylation sites (N-methyl/N-ethyl adjacent to an activating group) is 1. The number of rotatable bonds is 8. The van der Waals surface area contributed by atoms with Gasteiger partial charge in [0.2, 0.25) is 0 Å². The third kappa shape index (κ3) is 8.38. The van der Waals surface area contributed by atoms with Crippen LogP contribution in [0.25, 0.3) is 0 Å². The Balaban J connectivity index is 3.34. The quantitative estimate of drug-likeness (QED) is 0.656. The largest absolute Gasteiger partial charge is 0.313 e. The minimum Gasteiger partial charge on any atom is -0.313 e. The van der Waals surface area contributed by atoms with Gasteiger partial charge in [-0.1, -0.05) is 13.3 Å². The van der Waals surface area contributed by atoms with E-state index in [-0.39, 0.29) is 6.54 Å². The van der Waals surface area contributed by atoms with Crippen LogP contribution in [0.5, 0.6) is 0 Å². The molecule has 0 aliphatic heterocycles. The molecule has 1 unspecified atom stereocenters. The lowest BCUT2D eigenvalue weighted by Gasteiger charge is -2.18. The first-order valence-electron chi connectivity index (χ1n) is 5.26. The van der Waals surface area contributed by atoms with E-state index in [0.717, 1.165) is 19.4 Å². The Kier molecular flexibility index (Phi) is 7.99. The van der Waals surface area contributed by atoms with Crippen LogP contribution < -0.4 is 5.32 Å². The molecule has 0 spiro atoms. The van der Waals surface area contributed by atoms with E-state index < -0.39 is 6.43 Å². The summed E-state index contributed by atoms with van der Waals surface area (Å²) in [5.41, 5.74) is 0. The van der Waals surface area contributed by atoms with Crippen LogP contribution in [0.15, 0.2) is 0 Å². The third-order valence-corrected chi connectivity index (χ3v) is 2.16. The van der Waals surface area contributed by atoms with Gasteiger partial charge in [0.15, 0.2) is 0 Å². The predicted octanol–water partition coefficient (Wildman–Crippen LogP) is 1.96. The molecule has 0 rings (SSSR count). The van der Waals surface area contributed by atoms with Crippen LogP contribution in [0, 0.1) is 0 Å². The van der Waals surface area contributed by atoms with Crippen molar-refractivity contribution < 1.29 is 8.78 Å². The van der Waals surface area contributed by atoms with Crippen LogP contribution in [0.3, 0.4) is 0 Å². The molecule has 4 heteroatoms. The van der Waals surface area contributed by atoms with Crippen molar-refractivity contribution in [3.05, 3.63) is 0 Å². The zero-order valence-electron chi connectivity index (χ0n) is 9.39. The smallest absolute Gasteiger partial charge is 0.251 e. The fourth-order valence-electron chi connectivity index (χ4n) is 1.36. The molecule has 0 saturated carbocycles. The molecule has 0 aromatic heterocycles. The average Bonchev–Trinajstić information content (AvgIpc) is 2.02. The SMILES string of the molecule is CCCC(C)NCCN(C)CC(F)F. The molecule has 0 aromatic carbocycles. The molecular formula is C10H22F2N2. The molecule has 1 N–H and O–H groups in total. The van der Waals surface area contributed by atoms with Crippen LogP contribution in [0.2, 0.25) is 0 Å². The van der Waals surface area contributed by atoms with Crippen molar-refractivity contribution in [2.24, 2.45) is 0 Å². The molecule has 0 aromatic rings. The lowest BCUT2D eigenvalue weighted by Crippen LogP contribution is -2.35. The monoisotopic (exact) mass is 208 g/mol. The Hall–Kier alpha value is -0.220. The van der Waals surface area contributed by atoms with Crippen molar-refractivity contribution in [1.29, 1.82) is 0 Å². The minimum absolute atomic E-state index is 0.135. The van der Waals surface area contributed by atoms with E-state index in [1.807, 2.05) is 0 Å². The van der Waals surface area contributed by atoms with E-state index >= 15 is 0 Å². The Morgan fingerprint density at radius 3 is 2.50 bits per heavy atom. The highest BCUT2D eigenvalue weighted by Crippen LogP contribution is 1.96. The molecule has 2 nitrogen and oxygen atoms in total. The number of alkyl halides is 2.